The van der Waals surface area contributed by atoms with Crippen LogP contribution in [0.1, 0.15) is 39.5 Å². The predicted octanol–water partition coefficient (Wildman–Crippen LogP) is 2.06. The molecule has 0 aromatic carbocycles. The largest absolute Gasteiger partial charge is 0.298 e. The molecule has 0 aliphatic carbocycles. The van der Waals surface area contributed by atoms with Crippen molar-refractivity contribution in [3.63, 3.8) is 0 Å². The molecule has 1 unspecified atom stereocenters. The monoisotopic (exact) mass is 210 g/mol. The highest BCUT2D eigenvalue weighted by molar-refractivity contribution is 4.79. The lowest BCUT2D eigenvalue weighted by Gasteiger charge is -2.24. The topological polar surface area (TPSA) is 34.0 Å². The summed E-state index contributed by atoms with van der Waals surface area (Å²) in [5, 5.41) is 6.24. The molecule has 1 rings (SSSR count). The molecule has 0 radical (unpaired) electrons. The van der Waals surface area contributed by atoms with Gasteiger partial charge in [0.2, 0.25) is 0 Å². The van der Waals surface area contributed by atoms with Crippen molar-refractivity contribution in [2.75, 3.05) is 18.6 Å². The van der Waals surface area contributed by atoms with Crippen molar-refractivity contribution in [1.29, 1.82) is 0 Å². The molecule has 0 N–H and O–H groups in total. The van der Waals surface area contributed by atoms with Crippen LogP contribution in [0.15, 0.2) is 12.7 Å². The van der Waals surface area contributed by atoms with Gasteiger partial charge in [-0.15, -0.1) is 5.10 Å². The lowest BCUT2D eigenvalue weighted by Crippen LogP contribution is -2.35. The highest BCUT2D eigenvalue weighted by Crippen LogP contribution is 2.12. The maximum atomic E-state index is 4.12. The van der Waals surface area contributed by atoms with Gasteiger partial charge in [-0.2, -0.15) is 4.79 Å². The molecule has 0 amide bonds. The van der Waals surface area contributed by atoms with Gasteiger partial charge in [0.05, 0.1) is 0 Å². The molecule has 0 bridgehead atoms. The molecular formula is C11H22N4. The quantitative estimate of drug-likeness (QED) is 0.691. The molecule has 0 spiro atoms. The van der Waals surface area contributed by atoms with Crippen molar-refractivity contribution in [2.24, 2.45) is 5.92 Å². The highest BCUT2D eigenvalue weighted by Gasteiger charge is 2.09. The van der Waals surface area contributed by atoms with Gasteiger partial charge >= 0.3 is 0 Å². The Labute approximate surface area is 92.3 Å². The number of rotatable bonds is 7. The minimum atomic E-state index is 0.763. The summed E-state index contributed by atoms with van der Waals surface area (Å²) in [6, 6.07) is 0. The number of nitrogens with zero attached hydrogens (tertiary/aromatic N) is 4. The summed E-state index contributed by atoms with van der Waals surface area (Å²) in [5.74, 6) is 0.763. The van der Waals surface area contributed by atoms with E-state index in [2.05, 4.69) is 36.0 Å². The molecule has 86 valence electrons. The summed E-state index contributed by atoms with van der Waals surface area (Å²) in [6.45, 7) is 5.56. The van der Waals surface area contributed by atoms with E-state index in [0.29, 0.717) is 0 Å². The fraction of sp³-hybridized carbons (Fsp3) is 0.818. The summed E-state index contributed by atoms with van der Waals surface area (Å²) >= 11 is 0. The zero-order valence-electron chi connectivity index (χ0n) is 10.1. The zero-order chi connectivity index (χ0) is 11.1. The van der Waals surface area contributed by atoms with Crippen molar-refractivity contribution in [2.45, 2.75) is 39.5 Å². The lowest BCUT2D eigenvalue weighted by molar-refractivity contribution is 0.411. The second-order valence-electron chi connectivity index (χ2n) is 4.07. The van der Waals surface area contributed by atoms with Gasteiger partial charge < -0.3 is 0 Å². The van der Waals surface area contributed by atoms with Gasteiger partial charge in [0.25, 0.3) is 0 Å². The van der Waals surface area contributed by atoms with Crippen LogP contribution in [0.3, 0.4) is 0 Å². The highest BCUT2D eigenvalue weighted by atomic mass is 15.7. The summed E-state index contributed by atoms with van der Waals surface area (Å²) < 4.78 is 0. The average Bonchev–Trinajstić information content (AvgIpc) is 2.77. The molecule has 1 atom stereocenters. The van der Waals surface area contributed by atoms with E-state index >= 15 is 0 Å². The predicted molar refractivity (Wildman–Crippen MR) is 62.3 cm³/mol. The van der Waals surface area contributed by atoms with Gasteiger partial charge in [0.15, 0.2) is 0 Å². The Hall–Kier alpha value is -1.06. The molecule has 1 aromatic heterocycles. The van der Waals surface area contributed by atoms with E-state index in [1.54, 1.807) is 17.4 Å². The molecule has 0 saturated carbocycles. The van der Waals surface area contributed by atoms with Crippen molar-refractivity contribution in [3.8, 4) is 0 Å². The Morgan fingerprint density at radius 2 is 2.20 bits per heavy atom. The first-order chi connectivity index (χ1) is 7.27. The molecule has 4 nitrogen and oxygen atoms in total. The van der Waals surface area contributed by atoms with Gasteiger partial charge in [-0.25, -0.2) is 4.98 Å². The summed E-state index contributed by atoms with van der Waals surface area (Å²) in [4.78, 5) is 5.75. The van der Waals surface area contributed by atoms with E-state index in [-0.39, 0.29) is 0 Å². The van der Waals surface area contributed by atoms with E-state index in [1.807, 2.05) is 0 Å². The SMILES string of the molecule is CCCCC(CC)CN(C)n1cncn1. The first-order valence-electron chi connectivity index (χ1n) is 5.84. The van der Waals surface area contributed by atoms with E-state index in [1.165, 1.54) is 25.7 Å². The van der Waals surface area contributed by atoms with Crippen LogP contribution < -0.4 is 5.01 Å². The van der Waals surface area contributed by atoms with Gasteiger partial charge in [0.1, 0.15) is 12.7 Å². The Bertz CT molecular complexity index is 245. The molecule has 0 aliphatic rings. The summed E-state index contributed by atoms with van der Waals surface area (Å²) in [7, 11) is 2.06. The average molecular weight is 210 g/mol. The molecule has 0 saturated heterocycles. The van der Waals surface area contributed by atoms with Crippen LogP contribution in [0.25, 0.3) is 0 Å². The van der Waals surface area contributed by atoms with Crippen molar-refractivity contribution in [1.82, 2.24) is 14.9 Å². The van der Waals surface area contributed by atoms with Crippen LogP contribution in [-0.2, 0) is 0 Å². The molecule has 0 aliphatic heterocycles. The standard InChI is InChI=1S/C11H22N4/c1-4-6-7-11(5-2)8-14(3)15-10-12-9-13-15/h9-11H,4-8H2,1-3H3. The number of hydrogen-bond acceptors (Lipinski definition) is 3. The van der Waals surface area contributed by atoms with Crippen LogP contribution in [0.4, 0.5) is 0 Å². The molecule has 1 heterocycles. The second-order valence-corrected chi connectivity index (χ2v) is 4.07. The Kier molecular flexibility index (Phi) is 5.15. The maximum Gasteiger partial charge on any atom is 0.139 e. The van der Waals surface area contributed by atoms with E-state index in [9.17, 15) is 0 Å². The summed E-state index contributed by atoms with van der Waals surface area (Å²) in [6.07, 6.45) is 8.47. The molecule has 0 fully saturated rings. The number of hydrogen-bond donors (Lipinski definition) is 0. The maximum absolute atomic E-state index is 4.12. The molecule has 15 heavy (non-hydrogen) atoms. The molecule has 4 heteroatoms. The number of unbranched alkanes of at least 4 members (excludes halogenated alkanes) is 1. The zero-order valence-corrected chi connectivity index (χ0v) is 10.1. The van der Waals surface area contributed by atoms with Gasteiger partial charge in [-0.3, -0.25) is 5.01 Å². The third-order valence-electron chi connectivity index (χ3n) is 2.82. The Balaban J connectivity index is 2.37. The first kappa shape index (κ1) is 12.0. The fourth-order valence-corrected chi connectivity index (χ4v) is 1.75. The second kappa shape index (κ2) is 6.43. The Morgan fingerprint density at radius 3 is 2.73 bits per heavy atom. The first-order valence-corrected chi connectivity index (χ1v) is 5.84. The van der Waals surface area contributed by atoms with Gasteiger partial charge in [-0.05, 0) is 12.3 Å². The third-order valence-corrected chi connectivity index (χ3v) is 2.82. The fourth-order valence-electron chi connectivity index (χ4n) is 1.75. The summed E-state index contributed by atoms with van der Waals surface area (Å²) in [5.41, 5.74) is 0. The Morgan fingerprint density at radius 1 is 1.40 bits per heavy atom. The molecule has 1 aromatic rings. The van der Waals surface area contributed by atoms with E-state index < -0.39 is 0 Å². The van der Waals surface area contributed by atoms with Crippen LogP contribution >= 0.6 is 0 Å². The number of aromatic nitrogens is 3. The molecular weight excluding hydrogens is 188 g/mol. The van der Waals surface area contributed by atoms with E-state index in [0.717, 1.165) is 12.5 Å². The minimum absolute atomic E-state index is 0.763. The van der Waals surface area contributed by atoms with Crippen molar-refractivity contribution in [3.05, 3.63) is 12.7 Å². The van der Waals surface area contributed by atoms with Crippen LogP contribution in [0.2, 0.25) is 0 Å². The van der Waals surface area contributed by atoms with Crippen molar-refractivity contribution >= 4 is 0 Å². The minimum Gasteiger partial charge on any atom is -0.298 e. The van der Waals surface area contributed by atoms with Crippen LogP contribution in [-0.4, -0.2) is 28.5 Å². The van der Waals surface area contributed by atoms with Gasteiger partial charge in [0, 0.05) is 13.6 Å². The van der Waals surface area contributed by atoms with Gasteiger partial charge in [-0.1, -0.05) is 33.1 Å². The smallest absolute Gasteiger partial charge is 0.139 e. The van der Waals surface area contributed by atoms with Crippen LogP contribution in [0, 0.1) is 5.92 Å². The van der Waals surface area contributed by atoms with Crippen molar-refractivity contribution < 1.29 is 0 Å². The lowest BCUT2D eigenvalue weighted by atomic mass is 9.99. The third kappa shape index (κ3) is 3.90. The van der Waals surface area contributed by atoms with E-state index in [4.69, 9.17) is 0 Å². The van der Waals surface area contributed by atoms with Crippen LogP contribution in [0.5, 0.6) is 0 Å². The normalized spacial score (nSPS) is 12.7.